The fourth-order valence-electron chi connectivity index (χ4n) is 4.76. The van der Waals surface area contributed by atoms with Gasteiger partial charge in [-0.15, -0.1) is 0 Å². The summed E-state index contributed by atoms with van der Waals surface area (Å²) in [5, 5.41) is 3.15. The number of carbonyl (C=O) groups is 3. The topological polar surface area (TPSA) is 108 Å². The fourth-order valence-corrected chi connectivity index (χ4v) is 4.76. The number of H-pyrrole nitrogens is 1. The molecule has 152 valence electrons. The van der Waals surface area contributed by atoms with E-state index in [1.54, 1.807) is 4.90 Å². The predicted octanol–water partition coefficient (Wildman–Crippen LogP) is 0.714. The molecule has 9 heteroatoms. The zero-order chi connectivity index (χ0) is 20.1. The van der Waals surface area contributed by atoms with Gasteiger partial charge in [-0.2, -0.15) is 0 Å². The molecular formula is C20H23N5O4. The van der Waals surface area contributed by atoms with Crippen LogP contribution in [-0.2, 0) is 27.2 Å². The number of aromatic nitrogens is 3. The van der Waals surface area contributed by atoms with Gasteiger partial charge in [0.05, 0.1) is 17.4 Å². The van der Waals surface area contributed by atoms with Gasteiger partial charge >= 0.3 is 0 Å². The third-order valence-corrected chi connectivity index (χ3v) is 6.28. The maximum absolute atomic E-state index is 12.8. The lowest BCUT2D eigenvalue weighted by Crippen LogP contribution is -2.42. The Morgan fingerprint density at radius 2 is 1.83 bits per heavy atom. The molecule has 1 N–H and O–H groups in total. The van der Waals surface area contributed by atoms with Gasteiger partial charge in [-0.1, -0.05) is 0 Å². The molecule has 2 aliphatic heterocycles. The number of nitrogens with zero attached hydrogens (tertiary/aromatic N) is 4. The highest BCUT2D eigenvalue weighted by Gasteiger charge is 2.36. The molecule has 1 atom stereocenters. The first kappa shape index (κ1) is 18.1. The van der Waals surface area contributed by atoms with Gasteiger partial charge in [0.1, 0.15) is 6.54 Å². The van der Waals surface area contributed by atoms with Crippen LogP contribution in [0.15, 0.2) is 10.9 Å². The van der Waals surface area contributed by atoms with Crippen LogP contribution < -0.4 is 5.56 Å². The van der Waals surface area contributed by atoms with E-state index < -0.39 is 0 Å². The van der Waals surface area contributed by atoms with Gasteiger partial charge in [0.25, 0.3) is 5.56 Å². The van der Waals surface area contributed by atoms with Crippen LogP contribution in [0.1, 0.15) is 61.5 Å². The van der Waals surface area contributed by atoms with Crippen LogP contribution in [0, 0.1) is 0 Å². The normalized spacial score (nSPS) is 22.0. The maximum atomic E-state index is 12.8. The van der Waals surface area contributed by atoms with Crippen molar-refractivity contribution in [3.63, 3.8) is 0 Å². The zero-order valence-electron chi connectivity index (χ0n) is 16.1. The Bertz CT molecular complexity index is 1070. The minimum atomic E-state index is -0.286. The monoisotopic (exact) mass is 397 g/mol. The number of hydrogen-bond acceptors (Lipinski definition) is 5. The van der Waals surface area contributed by atoms with Gasteiger partial charge in [0.2, 0.25) is 17.7 Å². The van der Waals surface area contributed by atoms with Crippen molar-refractivity contribution in [3.8, 4) is 0 Å². The van der Waals surface area contributed by atoms with Gasteiger partial charge in [0.15, 0.2) is 5.65 Å². The molecule has 1 aliphatic carbocycles. The molecule has 2 aromatic heterocycles. The predicted molar refractivity (Wildman–Crippen MR) is 102 cm³/mol. The number of hydrogen-bond donors (Lipinski definition) is 1. The molecule has 0 radical (unpaired) electrons. The summed E-state index contributed by atoms with van der Waals surface area (Å²) < 4.78 is 1.48. The first-order chi connectivity index (χ1) is 14.0. The quantitative estimate of drug-likeness (QED) is 0.768. The third-order valence-electron chi connectivity index (χ3n) is 6.28. The van der Waals surface area contributed by atoms with Crippen LogP contribution in [0.25, 0.3) is 5.65 Å². The second-order valence-corrected chi connectivity index (χ2v) is 8.07. The van der Waals surface area contributed by atoms with Crippen molar-refractivity contribution in [1.29, 1.82) is 0 Å². The van der Waals surface area contributed by atoms with E-state index in [2.05, 4.69) is 10.1 Å². The molecule has 2 saturated heterocycles. The van der Waals surface area contributed by atoms with E-state index in [-0.39, 0.29) is 48.7 Å². The standard InChI is InChI=1S/C20H23N5O4/c26-17-7-8-18(27)24(17)11-19(28)23-9-3-6-15(23)14-10-16-21-13-5-2-1-4-12(13)20(29)25(16)22-14/h10,15,22H,1-9,11H2. The maximum Gasteiger partial charge on any atom is 0.276 e. The molecule has 1 unspecified atom stereocenters. The Kier molecular flexibility index (Phi) is 4.25. The summed E-state index contributed by atoms with van der Waals surface area (Å²) in [4.78, 5) is 56.8. The largest absolute Gasteiger partial charge is 0.333 e. The smallest absolute Gasteiger partial charge is 0.276 e. The molecule has 29 heavy (non-hydrogen) atoms. The van der Waals surface area contributed by atoms with E-state index in [1.165, 1.54) is 4.52 Å². The fraction of sp³-hybridized carbons (Fsp3) is 0.550. The minimum Gasteiger partial charge on any atom is -0.333 e. The van der Waals surface area contributed by atoms with Crippen molar-refractivity contribution in [3.05, 3.63) is 33.4 Å². The number of likely N-dealkylation sites (tertiary alicyclic amines) is 2. The Morgan fingerprint density at radius 3 is 2.62 bits per heavy atom. The number of nitrogens with one attached hydrogen (secondary N) is 1. The van der Waals surface area contributed by atoms with E-state index in [0.717, 1.165) is 60.4 Å². The summed E-state index contributed by atoms with van der Waals surface area (Å²) in [7, 11) is 0. The van der Waals surface area contributed by atoms with Crippen molar-refractivity contribution >= 4 is 23.4 Å². The van der Waals surface area contributed by atoms with Crippen molar-refractivity contribution in [2.24, 2.45) is 0 Å². The van der Waals surface area contributed by atoms with E-state index in [0.29, 0.717) is 12.2 Å². The van der Waals surface area contributed by atoms with Crippen molar-refractivity contribution in [1.82, 2.24) is 24.4 Å². The number of aromatic amines is 1. The lowest BCUT2D eigenvalue weighted by atomic mass is 9.97. The van der Waals surface area contributed by atoms with Gasteiger partial charge in [0, 0.05) is 31.0 Å². The third kappa shape index (κ3) is 2.95. The van der Waals surface area contributed by atoms with Gasteiger partial charge in [-0.3, -0.25) is 29.2 Å². The number of aryl methyl sites for hydroxylation is 1. The molecule has 2 aromatic rings. The van der Waals surface area contributed by atoms with Crippen LogP contribution in [-0.4, -0.2) is 55.2 Å². The summed E-state index contributed by atoms with van der Waals surface area (Å²) in [5.74, 6) is -0.813. The molecule has 3 aliphatic rings. The van der Waals surface area contributed by atoms with Crippen LogP contribution in [0.5, 0.6) is 0 Å². The molecule has 5 rings (SSSR count). The number of carbonyl (C=O) groups excluding carboxylic acids is 3. The molecule has 4 heterocycles. The minimum absolute atomic E-state index is 0.0555. The Morgan fingerprint density at radius 1 is 1.07 bits per heavy atom. The van der Waals surface area contributed by atoms with Crippen molar-refractivity contribution < 1.29 is 14.4 Å². The summed E-state index contributed by atoms with van der Waals surface area (Å²) >= 11 is 0. The Hall–Kier alpha value is -2.97. The van der Waals surface area contributed by atoms with Gasteiger partial charge < -0.3 is 4.90 Å². The average molecular weight is 397 g/mol. The van der Waals surface area contributed by atoms with E-state index >= 15 is 0 Å². The lowest BCUT2D eigenvalue weighted by Gasteiger charge is -2.25. The first-order valence-corrected chi connectivity index (χ1v) is 10.3. The number of fused-ring (bicyclic) bond motifs is 2. The van der Waals surface area contributed by atoms with E-state index in [4.69, 9.17) is 0 Å². The highest BCUT2D eigenvalue weighted by Crippen LogP contribution is 2.32. The molecule has 0 spiro atoms. The highest BCUT2D eigenvalue weighted by molar-refractivity contribution is 6.04. The van der Waals surface area contributed by atoms with Crippen molar-refractivity contribution in [2.45, 2.75) is 57.4 Å². The van der Waals surface area contributed by atoms with Crippen LogP contribution >= 0.6 is 0 Å². The second-order valence-electron chi connectivity index (χ2n) is 8.07. The van der Waals surface area contributed by atoms with Gasteiger partial charge in [-0.05, 0) is 38.5 Å². The average Bonchev–Trinajstić information content (AvgIpc) is 3.43. The van der Waals surface area contributed by atoms with E-state index in [9.17, 15) is 19.2 Å². The molecular weight excluding hydrogens is 374 g/mol. The molecule has 0 saturated carbocycles. The van der Waals surface area contributed by atoms with Crippen LogP contribution in [0.4, 0.5) is 0 Å². The molecule has 3 amide bonds. The Balaban J connectivity index is 1.43. The van der Waals surface area contributed by atoms with Gasteiger partial charge in [-0.25, -0.2) is 9.50 Å². The van der Waals surface area contributed by atoms with Crippen LogP contribution in [0.3, 0.4) is 0 Å². The molecule has 0 bridgehead atoms. The molecule has 0 aromatic carbocycles. The SMILES string of the molecule is O=C1CCC(=O)N1CC(=O)N1CCCC1c1cc2nc3c(c(=O)n2[nH]1)CCCC3. The molecule has 2 fully saturated rings. The van der Waals surface area contributed by atoms with Crippen LogP contribution in [0.2, 0.25) is 0 Å². The summed E-state index contributed by atoms with van der Waals surface area (Å²) in [6.45, 7) is 0.356. The highest BCUT2D eigenvalue weighted by atomic mass is 16.2. The summed E-state index contributed by atoms with van der Waals surface area (Å²) in [6, 6.07) is 1.63. The van der Waals surface area contributed by atoms with E-state index in [1.807, 2.05) is 6.07 Å². The number of rotatable bonds is 3. The number of amides is 3. The summed E-state index contributed by atoms with van der Waals surface area (Å²) in [6.07, 6.45) is 5.57. The number of imide groups is 1. The Labute approximate surface area is 166 Å². The first-order valence-electron chi connectivity index (χ1n) is 10.3. The lowest BCUT2D eigenvalue weighted by molar-refractivity contribution is -0.145. The summed E-state index contributed by atoms with van der Waals surface area (Å²) in [5.41, 5.74) is 2.96. The van der Waals surface area contributed by atoms with Crippen molar-refractivity contribution in [2.75, 3.05) is 13.1 Å². The zero-order valence-corrected chi connectivity index (χ0v) is 16.1. The molecule has 9 nitrogen and oxygen atoms in total. The second kappa shape index (κ2) is 6.82.